The van der Waals surface area contributed by atoms with Crippen molar-refractivity contribution in [2.75, 3.05) is 11.1 Å². The number of halogens is 3. The zero-order valence-electron chi connectivity index (χ0n) is 16.9. The summed E-state index contributed by atoms with van der Waals surface area (Å²) in [5.41, 5.74) is 1.92. The lowest BCUT2D eigenvalue weighted by Gasteiger charge is -2.14. The summed E-state index contributed by atoms with van der Waals surface area (Å²) in [5.74, 6) is -0.394. The molecule has 0 unspecified atom stereocenters. The lowest BCUT2D eigenvalue weighted by molar-refractivity contribution is -0.137. The van der Waals surface area contributed by atoms with E-state index in [0.717, 1.165) is 60.0 Å². The van der Waals surface area contributed by atoms with Gasteiger partial charge in [0.05, 0.1) is 17.9 Å². The standard InChI is InChI=1S/C22H19F3N4O2S/c23-22(24,25)15-6-8-16(9-7-15)27-19(30)13-32-20-17-4-1-5-18(17)29(21(31)28-20)12-14-3-2-10-26-11-14/h2-3,6-11H,1,4-5,12-13H2,(H,27,30). The smallest absolute Gasteiger partial charge is 0.325 e. The molecule has 2 heterocycles. The second kappa shape index (κ2) is 9.15. The summed E-state index contributed by atoms with van der Waals surface area (Å²) >= 11 is 1.16. The molecule has 1 N–H and O–H groups in total. The second-order valence-corrected chi connectivity index (χ2v) is 8.30. The third-order valence-corrected chi connectivity index (χ3v) is 6.12. The molecule has 32 heavy (non-hydrogen) atoms. The number of thioether (sulfide) groups is 1. The average molecular weight is 460 g/mol. The molecule has 1 aliphatic carbocycles. The van der Waals surface area contributed by atoms with E-state index in [1.54, 1.807) is 17.0 Å². The zero-order chi connectivity index (χ0) is 22.7. The van der Waals surface area contributed by atoms with E-state index in [0.29, 0.717) is 11.6 Å². The van der Waals surface area contributed by atoms with Crippen molar-refractivity contribution < 1.29 is 18.0 Å². The number of benzene rings is 1. The Kier molecular flexibility index (Phi) is 6.31. The molecule has 6 nitrogen and oxygen atoms in total. The van der Waals surface area contributed by atoms with Gasteiger partial charge in [0.15, 0.2) is 0 Å². The van der Waals surface area contributed by atoms with E-state index in [9.17, 15) is 22.8 Å². The lowest BCUT2D eigenvalue weighted by Crippen LogP contribution is -2.28. The molecular formula is C22H19F3N4O2S. The number of carbonyl (C=O) groups excluding carboxylic acids is 1. The predicted octanol–water partition coefficient (Wildman–Crippen LogP) is 3.92. The van der Waals surface area contributed by atoms with E-state index >= 15 is 0 Å². The van der Waals surface area contributed by atoms with Crippen molar-refractivity contribution in [2.24, 2.45) is 0 Å². The van der Waals surface area contributed by atoms with Gasteiger partial charge in [-0.3, -0.25) is 14.3 Å². The number of rotatable bonds is 6. The van der Waals surface area contributed by atoms with Crippen molar-refractivity contribution in [3.63, 3.8) is 0 Å². The number of hydrogen-bond acceptors (Lipinski definition) is 5. The Hall–Kier alpha value is -3.14. The van der Waals surface area contributed by atoms with Crippen LogP contribution >= 0.6 is 11.8 Å². The number of nitrogens with one attached hydrogen (secondary N) is 1. The highest BCUT2D eigenvalue weighted by molar-refractivity contribution is 8.00. The lowest BCUT2D eigenvalue weighted by atomic mass is 10.2. The number of amides is 1. The highest BCUT2D eigenvalue weighted by atomic mass is 32.2. The minimum atomic E-state index is -4.43. The third kappa shape index (κ3) is 5.01. The molecule has 1 amide bonds. The van der Waals surface area contributed by atoms with Crippen LogP contribution in [0.5, 0.6) is 0 Å². The number of hydrogen-bond donors (Lipinski definition) is 1. The van der Waals surface area contributed by atoms with Gasteiger partial charge in [-0.15, -0.1) is 0 Å². The van der Waals surface area contributed by atoms with Crippen molar-refractivity contribution in [3.05, 3.63) is 81.7 Å². The molecule has 0 saturated carbocycles. The molecule has 4 rings (SSSR count). The average Bonchev–Trinajstić information content (AvgIpc) is 3.25. The Bertz CT molecular complexity index is 1180. The van der Waals surface area contributed by atoms with E-state index in [2.05, 4.69) is 15.3 Å². The molecule has 2 aromatic heterocycles. The maximum Gasteiger partial charge on any atom is 0.416 e. The van der Waals surface area contributed by atoms with E-state index in [-0.39, 0.29) is 23.0 Å². The first-order valence-corrected chi connectivity index (χ1v) is 10.9. The van der Waals surface area contributed by atoms with Crippen LogP contribution in [0.25, 0.3) is 0 Å². The fourth-order valence-electron chi connectivity index (χ4n) is 3.62. The number of pyridine rings is 1. The quantitative estimate of drug-likeness (QED) is 0.446. The highest BCUT2D eigenvalue weighted by Crippen LogP contribution is 2.31. The minimum absolute atomic E-state index is 0.00742. The topological polar surface area (TPSA) is 76.9 Å². The van der Waals surface area contributed by atoms with E-state index in [4.69, 9.17) is 0 Å². The van der Waals surface area contributed by atoms with E-state index in [1.165, 1.54) is 12.1 Å². The summed E-state index contributed by atoms with van der Waals surface area (Å²) in [5, 5.41) is 3.11. The monoisotopic (exact) mass is 460 g/mol. The first kappa shape index (κ1) is 22.1. The summed E-state index contributed by atoms with van der Waals surface area (Å²) in [4.78, 5) is 33.3. The van der Waals surface area contributed by atoms with Gasteiger partial charge in [0, 0.05) is 29.3 Å². The number of carbonyl (C=O) groups is 1. The van der Waals surface area contributed by atoms with Gasteiger partial charge in [0.2, 0.25) is 5.91 Å². The first-order valence-electron chi connectivity index (χ1n) is 9.92. The zero-order valence-corrected chi connectivity index (χ0v) is 17.7. The van der Waals surface area contributed by atoms with Crippen molar-refractivity contribution in [3.8, 4) is 0 Å². The number of anilines is 1. The van der Waals surface area contributed by atoms with Gasteiger partial charge in [0.1, 0.15) is 5.03 Å². The van der Waals surface area contributed by atoms with Crippen molar-refractivity contribution in [1.29, 1.82) is 0 Å². The van der Waals surface area contributed by atoms with Crippen LogP contribution in [0.3, 0.4) is 0 Å². The molecule has 0 atom stereocenters. The van der Waals surface area contributed by atoms with E-state index < -0.39 is 11.7 Å². The summed E-state index contributed by atoms with van der Waals surface area (Å²) in [6.45, 7) is 0.390. The SMILES string of the molecule is O=C(CSc1nc(=O)n(Cc2cccnc2)c2c1CCC2)Nc1ccc(C(F)(F)F)cc1. The number of aromatic nitrogens is 3. The first-order chi connectivity index (χ1) is 15.3. The van der Waals surface area contributed by atoms with Crippen LogP contribution in [0.2, 0.25) is 0 Å². The molecular weight excluding hydrogens is 441 g/mol. The second-order valence-electron chi connectivity index (χ2n) is 7.34. The summed E-state index contributed by atoms with van der Waals surface area (Å²) in [7, 11) is 0. The molecule has 166 valence electrons. The van der Waals surface area contributed by atoms with Crippen LogP contribution in [-0.4, -0.2) is 26.2 Å². The van der Waals surface area contributed by atoms with Crippen LogP contribution in [0.4, 0.5) is 18.9 Å². The maximum absolute atomic E-state index is 12.7. The number of fused-ring (bicyclic) bond motifs is 1. The van der Waals surface area contributed by atoms with Gasteiger partial charge < -0.3 is 5.32 Å². The molecule has 0 spiro atoms. The van der Waals surface area contributed by atoms with Crippen molar-refractivity contribution in [2.45, 2.75) is 37.0 Å². The molecule has 3 aromatic rings. The van der Waals surface area contributed by atoms with Crippen LogP contribution in [0.15, 0.2) is 58.6 Å². The summed E-state index contributed by atoms with van der Waals surface area (Å²) in [6.07, 6.45) is 1.39. The molecule has 1 aliphatic rings. The number of alkyl halides is 3. The van der Waals surface area contributed by atoms with Gasteiger partial charge >= 0.3 is 11.9 Å². The Labute approximate surface area is 185 Å². The Morgan fingerprint density at radius 1 is 1.16 bits per heavy atom. The normalized spacial score (nSPS) is 13.1. The van der Waals surface area contributed by atoms with Gasteiger partial charge in [-0.2, -0.15) is 18.2 Å². The third-order valence-electron chi connectivity index (χ3n) is 5.10. The predicted molar refractivity (Wildman–Crippen MR) is 115 cm³/mol. The highest BCUT2D eigenvalue weighted by Gasteiger charge is 2.30. The Morgan fingerprint density at radius 3 is 2.62 bits per heavy atom. The molecule has 0 saturated heterocycles. The molecule has 0 bridgehead atoms. The van der Waals surface area contributed by atoms with Crippen LogP contribution < -0.4 is 11.0 Å². The Balaban J connectivity index is 1.44. The van der Waals surface area contributed by atoms with Gasteiger partial charge in [-0.05, 0) is 55.2 Å². The van der Waals surface area contributed by atoms with Crippen molar-refractivity contribution >= 4 is 23.4 Å². The van der Waals surface area contributed by atoms with Crippen LogP contribution in [0, 0.1) is 0 Å². The maximum atomic E-state index is 12.7. The summed E-state index contributed by atoms with van der Waals surface area (Å²) < 4.78 is 39.6. The molecule has 0 radical (unpaired) electrons. The summed E-state index contributed by atoms with van der Waals surface area (Å²) in [6, 6.07) is 7.96. The molecule has 0 aliphatic heterocycles. The fourth-order valence-corrected chi connectivity index (χ4v) is 4.49. The fraction of sp³-hybridized carbons (Fsp3) is 0.273. The Morgan fingerprint density at radius 2 is 1.94 bits per heavy atom. The van der Waals surface area contributed by atoms with Crippen LogP contribution in [-0.2, 0) is 30.4 Å². The van der Waals surface area contributed by atoms with Crippen LogP contribution in [0.1, 0.15) is 28.8 Å². The van der Waals surface area contributed by atoms with E-state index in [1.807, 2.05) is 12.1 Å². The largest absolute Gasteiger partial charge is 0.416 e. The van der Waals surface area contributed by atoms with Gasteiger partial charge in [-0.1, -0.05) is 17.8 Å². The molecule has 10 heteroatoms. The molecule has 1 aromatic carbocycles. The minimum Gasteiger partial charge on any atom is -0.325 e. The van der Waals surface area contributed by atoms with Gasteiger partial charge in [-0.25, -0.2) is 4.79 Å². The number of nitrogens with zero attached hydrogens (tertiary/aromatic N) is 3. The molecule has 0 fully saturated rings. The van der Waals surface area contributed by atoms with Gasteiger partial charge in [0.25, 0.3) is 0 Å². The van der Waals surface area contributed by atoms with Crippen molar-refractivity contribution in [1.82, 2.24) is 14.5 Å².